The molecule has 0 saturated carbocycles. The number of benzene rings is 1. The maximum atomic E-state index is 12.3. The highest BCUT2D eigenvalue weighted by Gasteiger charge is 2.48. The minimum atomic E-state index is -1.17. The summed E-state index contributed by atoms with van der Waals surface area (Å²) < 4.78 is 4.85. The summed E-state index contributed by atoms with van der Waals surface area (Å²) in [5, 5.41) is 11.1. The minimum absolute atomic E-state index is 0.0402. The number of halogens is 1. The van der Waals surface area contributed by atoms with Gasteiger partial charge >= 0.3 is 5.97 Å². The van der Waals surface area contributed by atoms with Crippen molar-refractivity contribution in [1.82, 2.24) is 10.2 Å². The molecular weight excluding hydrogens is 382 g/mol. The van der Waals surface area contributed by atoms with Gasteiger partial charge in [0.1, 0.15) is 12.1 Å². The van der Waals surface area contributed by atoms with E-state index in [0.29, 0.717) is 5.56 Å². The molecule has 1 aromatic rings. The Kier molecular flexibility index (Phi) is 6.90. The maximum absolute atomic E-state index is 12.3. The van der Waals surface area contributed by atoms with Gasteiger partial charge in [0, 0.05) is 5.88 Å². The summed E-state index contributed by atoms with van der Waals surface area (Å²) in [5.74, 6) is -1.98. The van der Waals surface area contributed by atoms with E-state index in [4.69, 9.17) is 39.4 Å². The Balaban J connectivity index is 1.92. The molecule has 0 bridgehead atoms. The lowest BCUT2D eigenvalue weighted by atomic mass is 9.95. The summed E-state index contributed by atoms with van der Waals surface area (Å²) >= 11 is 10.8. The zero-order valence-corrected chi connectivity index (χ0v) is 15.2. The molecule has 0 spiro atoms. The second kappa shape index (κ2) is 8.93. The van der Waals surface area contributed by atoms with Crippen LogP contribution in [0.4, 0.5) is 0 Å². The summed E-state index contributed by atoms with van der Waals surface area (Å²) in [6.45, 7) is -0.658. The molecule has 2 rings (SSSR count). The third kappa shape index (κ3) is 4.69. The first-order valence-electron chi connectivity index (χ1n) is 7.70. The van der Waals surface area contributed by atoms with Gasteiger partial charge in [0.05, 0.1) is 12.6 Å². The van der Waals surface area contributed by atoms with Gasteiger partial charge in [-0.3, -0.25) is 9.59 Å². The zero-order chi connectivity index (χ0) is 19.3. The standard InChI is InChI=1S/C16H18ClN3O5S/c17-6-10-14(16(24)20(10)7-12(26)25-8-11(21)22)19-15(23)13(18)9-4-2-1-3-5-9/h1-5,10,13-14H,6-8,18H2,(H,19,23)(H,21,22)/t10-,13?,14+/m0/s1. The number of nitrogens with zero attached hydrogens (tertiary/aromatic N) is 1. The van der Waals surface area contributed by atoms with Crippen molar-refractivity contribution in [3.05, 3.63) is 35.9 Å². The molecule has 4 N–H and O–H groups in total. The number of alkyl halides is 1. The van der Waals surface area contributed by atoms with E-state index in [1.807, 2.05) is 0 Å². The van der Waals surface area contributed by atoms with Crippen LogP contribution in [-0.4, -0.2) is 64.0 Å². The number of β-lactam (4-membered cyclic amide) rings is 1. The van der Waals surface area contributed by atoms with E-state index in [1.54, 1.807) is 30.3 Å². The monoisotopic (exact) mass is 399 g/mol. The van der Waals surface area contributed by atoms with Gasteiger partial charge in [-0.15, -0.1) is 11.6 Å². The molecule has 1 aromatic carbocycles. The number of carbonyl (C=O) groups is 3. The fourth-order valence-corrected chi connectivity index (χ4v) is 3.05. The second-order valence-corrected chi connectivity index (χ2v) is 6.38. The molecule has 1 aliphatic rings. The van der Waals surface area contributed by atoms with Gasteiger partial charge in [0.2, 0.25) is 11.8 Å². The number of amides is 2. The van der Waals surface area contributed by atoms with Gasteiger partial charge in [-0.2, -0.15) is 0 Å². The fourth-order valence-electron chi connectivity index (χ4n) is 2.51. The van der Waals surface area contributed by atoms with Crippen LogP contribution in [0.2, 0.25) is 0 Å². The van der Waals surface area contributed by atoms with Crippen LogP contribution in [0, 0.1) is 0 Å². The van der Waals surface area contributed by atoms with Crippen LogP contribution >= 0.6 is 23.8 Å². The third-order valence-corrected chi connectivity index (χ3v) is 4.45. The predicted octanol–water partition coefficient (Wildman–Crippen LogP) is 0.0494. The first-order chi connectivity index (χ1) is 12.3. The number of nitrogens with two attached hydrogens (primary N) is 1. The Morgan fingerprint density at radius 1 is 1.38 bits per heavy atom. The fraction of sp³-hybridized carbons (Fsp3) is 0.375. The average Bonchev–Trinajstić information content (AvgIpc) is 2.64. The van der Waals surface area contributed by atoms with E-state index in [2.05, 4.69) is 5.32 Å². The molecule has 0 radical (unpaired) electrons. The average molecular weight is 400 g/mol. The Bertz CT molecular complexity index is 702. The highest BCUT2D eigenvalue weighted by atomic mass is 35.5. The van der Waals surface area contributed by atoms with E-state index in [1.165, 1.54) is 4.90 Å². The summed E-state index contributed by atoms with van der Waals surface area (Å²) in [4.78, 5) is 36.4. The molecule has 1 saturated heterocycles. The SMILES string of the molecule is NC(C(=O)N[C@H]1C(=O)N(CC(=S)OCC(=O)O)[C@H]1CCl)c1ccccc1. The topological polar surface area (TPSA) is 122 Å². The molecule has 1 heterocycles. The van der Waals surface area contributed by atoms with E-state index in [0.717, 1.165) is 0 Å². The van der Waals surface area contributed by atoms with Crippen LogP contribution < -0.4 is 11.1 Å². The molecule has 1 fully saturated rings. The molecule has 2 amide bonds. The number of carbonyl (C=O) groups excluding carboxylic acids is 2. The molecule has 26 heavy (non-hydrogen) atoms. The molecule has 0 aliphatic carbocycles. The first-order valence-corrected chi connectivity index (χ1v) is 8.64. The van der Waals surface area contributed by atoms with Gasteiger partial charge < -0.3 is 25.8 Å². The number of likely N-dealkylation sites (tertiary alicyclic amines) is 1. The molecule has 140 valence electrons. The van der Waals surface area contributed by atoms with Gasteiger partial charge in [-0.25, -0.2) is 4.79 Å². The van der Waals surface area contributed by atoms with Crippen molar-refractivity contribution in [3.8, 4) is 0 Å². The molecule has 1 aliphatic heterocycles. The first kappa shape index (κ1) is 20.1. The van der Waals surface area contributed by atoms with Crippen molar-refractivity contribution in [3.63, 3.8) is 0 Å². The van der Waals surface area contributed by atoms with Gasteiger partial charge in [-0.05, 0) is 17.8 Å². The normalized spacial score (nSPS) is 20.1. The van der Waals surface area contributed by atoms with Gasteiger partial charge in [0.25, 0.3) is 0 Å². The Hall–Kier alpha value is -2.23. The van der Waals surface area contributed by atoms with Crippen molar-refractivity contribution in [2.24, 2.45) is 5.73 Å². The van der Waals surface area contributed by atoms with Gasteiger partial charge in [0.15, 0.2) is 11.7 Å². The third-order valence-electron chi connectivity index (χ3n) is 3.89. The summed E-state index contributed by atoms with van der Waals surface area (Å²) in [6.07, 6.45) is 0. The molecule has 3 atom stereocenters. The van der Waals surface area contributed by atoms with E-state index < -0.39 is 36.6 Å². The lowest BCUT2D eigenvalue weighted by molar-refractivity contribution is -0.151. The number of aliphatic carboxylic acids is 1. The number of hydrogen-bond donors (Lipinski definition) is 3. The van der Waals surface area contributed by atoms with Crippen molar-refractivity contribution >= 4 is 46.7 Å². The number of thiocarbonyl (C=S) groups is 1. The smallest absolute Gasteiger partial charge is 0.341 e. The maximum Gasteiger partial charge on any atom is 0.341 e. The number of carboxylic acid groups (broad SMARTS) is 1. The molecule has 0 aromatic heterocycles. The Morgan fingerprint density at radius 3 is 2.62 bits per heavy atom. The van der Waals surface area contributed by atoms with Crippen molar-refractivity contribution < 1.29 is 24.2 Å². The van der Waals surface area contributed by atoms with Crippen molar-refractivity contribution in [2.45, 2.75) is 18.1 Å². The predicted molar refractivity (Wildman–Crippen MR) is 97.7 cm³/mol. The highest BCUT2D eigenvalue weighted by Crippen LogP contribution is 2.22. The second-order valence-electron chi connectivity index (χ2n) is 5.62. The van der Waals surface area contributed by atoms with Crippen molar-refractivity contribution in [1.29, 1.82) is 0 Å². The van der Waals surface area contributed by atoms with E-state index >= 15 is 0 Å². The van der Waals surface area contributed by atoms with E-state index in [-0.39, 0.29) is 23.4 Å². The number of ether oxygens (including phenoxy) is 1. The number of hydrogen-bond acceptors (Lipinski definition) is 6. The van der Waals surface area contributed by atoms with Crippen LogP contribution in [0.5, 0.6) is 0 Å². The molecule has 1 unspecified atom stereocenters. The minimum Gasteiger partial charge on any atom is -0.479 e. The van der Waals surface area contributed by atoms with Crippen LogP contribution in [0.25, 0.3) is 0 Å². The molecule has 8 nitrogen and oxygen atoms in total. The van der Waals surface area contributed by atoms with Gasteiger partial charge in [-0.1, -0.05) is 30.3 Å². The summed E-state index contributed by atoms with van der Waals surface area (Å²) in [6, 6.07) is 6.57. The summed E-state index contributed by atoms with van der Waals surface area (Å²) in [5.41, 5.74) is 6.54. The van der Waals surface area contributed by atoms with Crippen LogP contribution in [0.1, 0.15) is 11.6 Å². The number of nitrogens with one attached hydrogen (secondary N) is 1. The Morgan fingerprint density at radius 2 is 2.04 bits per heavy atom. The quantitative estimate of drug-likeness (QED) is 0.320. The lowest BCUT2D eigenvalue weighted by Gasteiger charge is -2.46. The molecule has 10 heteroatoms. The Labute approximate surface area is 160 Å². The van der Waals surface area contributed by atoms with Crippen LogP contribution in [0.15, 0.2) is 30.3 Å². The van der Waals surface area contributed by atoms with Crippen molar-refractivity contribution in [2.75, 3.05) is 19.0 Å². The highest BCUT2D eigenvalue weighted by molar-refractivity contribution is 7.80. The largest absolute Gasteiger partial charge is 0.479 e. The summed E-state index contributed by atoms with van der Waals surface area (Å²) in [7, 11) is 0. The lowest BCUT2D eigenvalue weighted by Crippen LogP contribution is -2.72. The zero-order valence-electron chi connectivity index (χ0n) is 13.6. The number of rotatable bonds is 8. The van der Waals surface area contributed by atoms with Crippen LogP contribution in [-0.2, 0) is 19.1 Å². The van der Waals surface area contributed by atoms with Crippen LogP contribution in [0.3, 0.4) is 0 Å². The van der Waals surface area contributed by atoms with E-state index in [9.17, 15) is 14.4 Å². The molecular formula is C16H18ClN3O5S. The number of carboxylic acids is 1.